The van der Waals surface area contributed by atoms with Crippen molar-refractivity contribution in [2.75, 3.05) is 5.32 Å². The monoisotopic (exact) mass is 260 g/mol. The van der Waals surface area contributed by atoms with Gasteiger partial charge in [-0.05, 0) is 20.8 Å². The first-order valence-electron chi connectivity index (χ1n) is 5.49. The van der Waals surface area contributed by atoms with Gasteiger partial charge in [0.25, 0.3) is 5.78 Å². The molecule has 0 saturated heterocycles. The van der Waals surface area contributed by atoms with Crippen molar-refractivity contribution in [3.63, 3.8) is 0 Å². The molecule has 8 nitrogen and oxygen atoms in total. The molecule has 0 unspecified atom stereocenters. The molecule has 2 aromatic rings. The maximum absolute atomic E-state index is 11.7. The Morgan fingerprint density at radius 3 is 2.84 bits per heavy atom. The van der Waals surface area contributed by atoms with Crippen LogP contribution in [0.5, 0.6) is 0 Å². The zero-order chi connectivity index (χ0) is 14.0. The maximum atomic E-state index is 11.7. The average molecular weight is 260 g/mol. The third-order valence-corrected chi connectivity index (χ3v) is 2.05. The number of hydrogen-bond acceptors (Lipinski definition) is 6. The lowest BCUT2D eigenvalue weighted by atomic mass is 10.2. The predicted octanol–water partition coefficient (Wildman–Crippen LogP) is 1.34. The lowest BCUT2D eigenvalue weighted by molar-refractivity contribution is 0.0635. The third kappa shape index (κ3) is 2.77. The van der Waals surface area contributed by atoms with Crippen molar-refractivity contribution < 1.29 is 9.53 Å². The molecule has 1 amide bonds. The molecule has 98 valence electrons. The molecule has 19 heavy (non-hydrogen) atoms. The van der Waals surface area contributed by atoms with Crippen LogP contribution >= 0.6 is 0 Å². The van der Waals surface area contributed by atoms with Crippen LogP contribution < -0.4 is 5.32 Å². The molecule has 0 atom stereocenters. The summed E-state index contributed by atoms with van der Waals surface area (Å²) in [6, 6.07) is 1.92. The van der Waals surface area contributed by atoms with E-state index in [0.29, 0.717) is 0 Å². The summed E-state index contributed by atoms with van der Waals surface area (Å²) in [5, 5.41) is 15.4. The number of ether oxygens (including phenoxy) is 1. The smallest absolute Gasteiger partial charge is 0.413 e. The largest absolute Gasteiger partial charge is 0.444 e. The van der Waals surface area contributed by atoms with Gasteiger partial charge in [0.1, 0.15) is 23.6 Å². The second-order valence-corrected chi connectivity index (χ2v) is 4.73. The summed E-state index contributed by atoms with van der Waals surface area (Å²) in [4.78, 5) is 19.5. The van der Waals surface area contributed by atoms with Gasteiger partial charge in [-0.2, -0.15) is 19.9 Å². The molecular formula is C11H12N6O2. The molecule has 0 spiro atoms. The van der Waals surface area contributed by atoms with Crippen molar-refractivity contribution in [2.24, 2.45) is 0 Å². The van der Waals surface area contributed by atoms with Crippen molar-refractivity contribution in [1.82, 2.24) is 19.6 Å². The van der Waals surface area contributed by atoms with E-state index in [1.54, 1.807) is 20.8 Å². The van der Waals surface area contributed by atoms with Crippen LogP contribution in [0.15, 0.2) is 12.5 Å². The van der Waals surface area contributed by atoms with E-state index >= 15 is 0 Å². The van der Waals surface area contributed by atoms with Crippen LogP contribution in [-0.4, -0.2) is 31.3 Å². The van der Waals surface area contributed by atoms with E-state index < -0.39 is 11.7 Å². The minimum atomic E-state index is -0.674. The lowest BCUT2D eigenvalue weighted by Crippen LogP contribution is -2.28. The van der Waals surface area contributed by atoms with Crippen molar-refractivity contribution in [1.29, 1.82) is 5.26 Å². The Morgan fingerprint density at radius 1 is 1.47 bits per heavy atom. The third-order valence-electron chi connectivity index (χ3n) is 2.05. The average Bonchev–Trinajstić information content (AvgIpc) is 2.75. The minimum absolute atomic E-state index is 0.170. The van der Waals surface area contributed by atoms with Crippen LogP contribution in [0.2, 0.25) is 0 Å². The van der Waals surface area contributed by atoms with Gasteiger partial charge in [-0.1, -0.05) is 0 Å². The molecule has 0 saturated carbocycles. The first-order chi connectivity index (χ1) is 8.90. The minimum Gasteiger partial charge on any atom is -0.444 e. The topological polar surface area (TPSA) is 105 Å². The van der Waals surface area contributed by atoms with E-state index in [2.05, 4.69) is 20.4 Å². The number of aromatic nitrogens is 4. The highest BCUT2D eigenvalue weighted by atomic mass is 16.6. The molecule has 0 aliphatic rings. The Morgan fingerprint density at radius 2 is 2.21 bits per heavy atom. The molecule has 1 N–H and O–H groups in total. The molecule has 2 heterocycles. The Labute approximate surface area is 109 Å². The summed E-state index contributed by atoms with van der Waals surface area (Å²) >= 11 is 0. The van der Waals surface area contributed by atoms with E-state index in [1.165, 1.54) is 17.0 Å². The molecule has 2 aromatic heterocycles. The molecule has 0 radical (unpaired) electrons. The number of fused-ring (bicyclic) bond motifs is 1. The van der Waals surface area contributed by atoms with Gasteiger partial charge in [0.15, 0.2) is 5.82 Å². The number of nitriles is 1. The molecule has 8 heteroatoms. The molecular weight excluding hydrogens is 248 g/mol. The van der Waals surface area contributed by atoms with Gasteiger partial charge in [-0.25, -0.2) is 9.78 Å². The zero-order valence-corrected chi connectivity index (χ0v) is 10.7. The van der Waals surface area contributed by atoms with Crippen LogP contribution in [-0.2, 0) is 4.74 Å². The molecule has 0 aliphatic carbocycles. The van der Waals surface area contributed by atoms with Gasteiger partial charge in [0, 0.05) is 0 Å². The first-order valence-corrected chi connectivity index (χ1v) is 5.49. The van der Waals surface area contributed by atoms with Crippen LogP contribution in [0.4, 0.5) is 10.6 Å². The number of rotatable bonds is 1. The number of nitrogens with zero attached hydrogens (tertiary/aromatic N) is 5. The van der Waals surface area contributed by atoms with Gasteiger partial charge in [0.05, 0.1) is 6.20 Å². The molecule has 0 fully saturated rings. The van der Waals surface area contributed by atoms with Gasteiger partial charge in [-0.3, -0.25) is 5.32 Å². The van der Waals surface area contributed by atoms with E-state index in [-0.39, 0.29) is 17.2 Å². The van der Waals surface area contributed by atoms with E-state index in [1.807, 2.05) is 6.07 Å². The number of hydrogen-bond donors (Lipinski definition) is 1. The van der Waals surface area contributed by atoms with Crippen LogP contribution in [0.3, 0.4) is 0 Å². The maximum Gasteiger partial charge on any atom is 0.413 e. The quantitative estimate of drug-likeness (QED) is 0.829. The highest BCUT2D eigenvalue weighted by molar-refractivity contribution is 5.85. The van der Waals surface area contributed by atoms with Crippen LogP contribution in [0.1, 0.15) is 26.3 Å². The van der Waals surface area contributed by atoms with Crippen LogP contribution in [0, 0.1) is 11.3 Å². The summed E-state index contributed by atoms with van der Waals surface area (Å²) in [5.74, 6) is 0.462. The summed E-state index contributed by atoms with van der Waals surface area (Å²) in [6.07, 6.45) is 1.92. The fraction of sp³-hybridized carbons (Fsp3) is 0.364. The molecule has 0 aliphatic heterocycles. The molecule has 2 rings (SSSR count). The standard InChI is InChI=1S/C11H12N6O2/c1-11(2,3)19-10(18)16-8-7(4-12)5-13-9-14-6-15-17(8)9/h5-6H,1-3H3,(H,16,18). The highest BCUT2D eigenvalue weighted by Crippen LogP contribution is 2.15. The lowest BCUT2D eigenvalue weighted by Gasteiger charge is -2.19. The fourth-order valence-corrected chi connectivity index (χ4v) is 1.38. The van der Waals surface area contributed by atoms with Gasteiger partial charge >= 0.3 is 6.09 Å². The van der Waals surface area contributed by atoms with Gasteiger partial charge < -0.3 is 4.74 Å². The Balaban J connectivity index is 2.36. The number of amides is 1. The zero-order valence-electron chi connectivity index (χ0n) is 10.7. The predicted molar refractivity (Wildman–Crippen MR) is 65.4 cm³/mol. The summed E-state index contributed by atoms with van der Waals surface area (Å²) < 4.78 is 6.39. The summed E-state index contributed by atoms with van der Waals surface area (Å²) in [7, 11) is 0. The van der Waals surface area contributed by atoms with Crippen LogP contribution in [0.25, 0.3) is 5.78 Å². The van der Waals surface area contributed by atoms with Gasteiger partial charge in [0.2, 0.25) is 0 Å². The summed E-state index contributed by atoms with van der Waals surface area (Å²) in [6.45, 7) is 5.24. The number of nitrogens with one attached hydrogen (secondary N) is 1. The SMILES string of the molecule is CC(C)(C)OC(=O)Nc1c(C#N)cnc2ncnn12. The Bertz CT molecular complexity index is 664. The number of anilines is 1. The second-order valence-electron chi connectivity index (χ2n) is 4.73. The number of carbonyl (C=O) groups is 1. The second kappa shape index (κ2) is 4.53. The molecule has 0 bridgehead atoms. The Hall–Kier alpha value is -2.69. The van der Waals surface area contributed by atoms with Crippen molar-refractivity contribution >= 4 is 17.7 Å². The van der Waals surface area contributed by atoms with E-state index in [0.717, 1.165) is 0 Å². The normalized spacial score (nSPS) is 11.1. The van der Waals surface area contributed by atoms with Crippen molar-refractivity contribution in [2.45, 2.75) is 26.4 Å². The van der Waals surface area contributed by atoms with Gasteiger partial charge in [-0.15, -0.1) is 0 Å². The first kappa shape index (κ1) is 12.8. The number of carbonyl (C=O) groups excluding carboxylic acids is 1. The van der Waals surface area contributed by atoms with Crippen molar-refractivity contribution in [3.05, 3.63) is 18.1 Å². The molecule has 0 aromatic carbocycles. The fourth-order valence-electron chi connectivity index (χ4n) is 1.38. The van der Waals surface area contributed by atoms with Crippen molar-refractivity contribution in [3.8, 4) is 6.07 Å². The highest BCUT2D eigenvalue weighted by Gasteiger charge is 2.19. The Kier molecular flexibility index (Phi) is 3.04. The van der Waals surface area contributed by atoms with E-state index in [9.17, 15) is 4.79 Å². The summed E-state index contributed by atoms with van der Waals surface area (Å²) in [5.41, 5.74) is -0.463. The van der Waals surface area contributed by atoms with E-state index in [4.69, 9.17) is 10.00 Å².